The van der Waals surface area contributed by atoms with E-state index in [-0.39, 0.29) is 30.8 Å². The van der Waals surface area contributed by atoms with Crippen molar-refractivity contribution in [2.24, 2.45) is 0 Å². The lowest BCUT2D eigenvalue weighted by Gasteiger charge is -2.30. The molecule has 1 aliphatic heterocycles. The minimum Gasteiger partial charge on any atom is -0.350 e. The van der Waals surface area contributed by atoms with E-state index in [4.69, 9.17) is 11.6 Å². The van der Waals surface area contributed by atoms with Crippen molar-refractivity contribution in [1.82, 2.24) is 9.97 Å². The number of likely N-dealkylation sites (N-methyl/N-ethyl adjacent to an activating group) is 1. The Bertz CT molecular complexity index is 1100. The Morgan fingerprint density at radius 3 is 2.90 bits per heavy atom. The topological polar surface area (TPSA) is 78.4 Å². The van der Waals surface area contributed by atoms with Gasteiger partial charge in [0.05, 0.1) is 23.4 Å². The molecular weight excluding hydrogens is 390 g/mol. The van der Waals surface area contributed by atoms with Gasteiger partial charge in [0.15, 0.2) is 0 Å². The Kier molecular flexibility index (Phi) is 5.07. The first-order valence-corrected chi connectivity index (χ1v) is 9.64. The van der Waals surface area contributed by atoms with Crippen LogP contribution in [0, 0.1) is 0 Å². The molecule has 2 heterocycles. The molecule has 29 heavy (non-hydrogen) atoms. The van der Waals surface area contributed by atoms with Crippen LogP contribution in [0.2, 0.25) is 5.02 Å². The van der Waals surface area contributed by atoms with Gasteiger partial charge in [0.2, 0.25) is 11.8 Å². The molecule has 148 valence electrons. The highest BCUT2D eigenvalue weighted by Crippen LogP contribution is 2.32. The molecule has 1 aromatic heterocycles. The fourth-order valence-corrected chi connectivity index (χ4v) is 3.81. The third-order valence-corrected chi connectivity index (χ3v) is 5.17. The quantitative estimate of drug-likeness (QED) is 0.716. The van der Waals surface area contributed by atoms with E-state index in [1.807, 2.05) is 38.2 Å². The molecule has 0 saturated heterocycles. The Hall–Kier alpha value is -3.19. The normalized spacial score (nSPS) is 16.2. The first kappa shape index (κ1) is 19.1. The molecule has 0 bridgehead atoms. The summed E-state index contributed by atoms with van der Waals surface area (Å²) in [4.78, 5) is 37.5. The van der Waals surface area contributed by atoms with Crippen molar-refractivity contribution in [3.63, 3.8) is 0 Å². The van der Waals surface area contributed by atoms with Crippen LogP contribution >= 0.6 is 11.6 Å². The standard InChI is InChI=1S/C21H20ClN5O2/c1-13-9-19(28)25-16-5-3-4-6-18(16)27(13)20(29)11-26(2)21-15-8-7-14(22)10-17(15)23-12-24-21/h3-8,10,12-13H,9,11H2,1-2H3,(H,25,28). The zero-order valence-corrected chi connectivity index (χ0v) is 16.8. The van der Waals surface area contributed by atoms with Crippen molar-refractivity contribution < 1.29 is 9.59 Å². The second-order valence-electron chi connectivity index (χ2n) is 7.10. The highest BCUT2D eigenvalue weighted by Gasteiger charge is 2.30. The van der Waals surface area contributed by atoms with Crippen LogP contribution in [0.1, 0.15) is 13.3 Å². The predicted octanol–water partition coefficient (Wildman–Crippen LogP) is 3.48. The zero-order chi connectivity index (χ0) is 20.5. The van der Waals surface area contributed by atoms with E-state index in [1.165, 1.54) is 6.33 Å². The lowest BCUT2D eigenvalue weighted by Crippen LogP contribution is -2.44. The van der Waals surface area contributed by atoms with Crippen LogP contribution < -0.4 is 15.1 Å². The monoisotopic (exact) mass is 409 g/mol. The maximum atomic E-state index is 13.3. The van der Waals surface area contributed by atoms with E-state index >= 15 is 0 Å². The molecule has 3 aromatic rings. The van der Waals surface area contributed by atoms with Gasteiger partial charge in [-0.15, -0.1) is 0 Å². The molecular formula is C21H20ClN5O2. The van der Waals surface area contributed by atoms with Crippen LogP contribution in [0.4, 0.5) is 17.2 Å². The third-order valence-electron chi connectivity index (χ3n) is 4.94. The molecule has 1 N–H and O–H groups in total. The van der Waals surface area contributed by atoms with E-state index in [2.05, 4.69) is 15.3 Å². The van der Waals surface area contributed by atoms with Crippen molar-refractivity contribution >= 4 is 51.5 Å². The number of nitrogens with zero attached hydrogens (tertiary/aromatic N) is 4. The second kappa shape index (κ2) is 7.67. The first-order chi connectivity index (χ1) is 13.9. The minimum absolute atomic E-state index is 0.0988. The van der Waals surface area contributed by atoms with Gasteiger partial charge in [-0.05, 0) is 37.3 Å². The largest absolute Gasteiger partial charge is 0.350 e. The molecule has 1 atom stereocenters. The summed E-state index contributed by atoms with van der Waals surface area (Å²) in [5.74, 6) is 0.418. The summed E-state index contributed by atoms with van der Waals surface area (Å²) in [5.41, 5.74) is 2.05. The number of carbonyl (C=O) groups excluding carboxylic acids is 2. The van der Waals surface area contributed by atoms with Crippen molar-refractivity contribution in [3.05, 3.63) is 53.8 Å². The molecule has 4 rings (SSSR count). The van der Waals surface area contributed by atoms with Gasteiger partial charge in [0, 0.05) is 29.9 Å². The van der Waals surface area contributed by atoms with Crippen molar-refractivity contribution in [1.29, 1.82) is 0 Å². The maximum absolute atomic E-state index is 13.3. The number of para-hydroxylation sites is 2. The molecule has 2 aromatic carbocycles. The fourth-order valence-electron chi connectivity index (χ4n) is 3.64. The van der Waals surface area contributed by atoms with Crippen molar-refractivity contribution in [3.8, 4) is 0 Å². The third kappa shape index (κ3) is 3.73. The lowest BCUT2D eigenvalue weighted by molar-refractivity contribution is -0.118. The van der Waals surface area contributed by atoms with Crippen molar-refractivity contribution in [2.75, 3.05) is 28.7 Å². The summed E-state index contributed by atoms with van der Waals surface area (Å²) in [5, 5.41) is 4.28. The number of rotatable bonds is 3. The molecule has 8 heteroatoms. The molecule has 1 unspecified atom stereocenters. The Labute approximate surface area is 173 Å². The smallest absolute Gasteiger partial charge is 0.246 e. The molecule has 0 spiro atoms. The van der Waals surface area contributed by atoms with Crippen LogP contribution in [-0.4, -0.2) is 41.4 Å². The highest BCUT2D eigenvalue weighted by atomic mass is 35.5. The number of halogens is 1. The van der Waals surface area contributed by atoms with Gasteiger partial charge >= 0.3 is 0 Å². The summed E-state index contributed by atoms with van der Waals surface area (Å²) in [6, 6.07) is 12.5. The van der Waals surface area contributed by atoms with Crippen molar-refractivity contribution in [2.45, 2.75) is 19.4 Å². The summed E-state index contributed by atoms with van der Waals surface area (Å²) in [6.45, 7) is 1.98. The van der Waals surface area contributed by atoms with E-state index in [1.54, 1.807) is 28.0 Å². The second-order valence-corrected chi connectivity index (χ2v) is 7.53. The predicted molar refractivity (Wildman–Crippen MR) is 114 cm³/mol. The van der Waals surface area contributed by atoms with E-state index in [9.17, 15) is 9.59 Å². The molecule has 0 aliphatic carbocycles. The Morgan fingerprint density at radius 2 is 2.07 bits per heavy atom. The van der Waals surface area contributed by atoms with Gasteiger partial charge < -0.3 is 15.1 Å². The number of fused-ring (bicyclic) bond motifs is 2. The SMILES string of the molecule is CC1CC(=O)Nc2ccccc2N1C(=O)CN(C)c1ncnc2cc(Cl)ccc12. The summed E-state index contributed by atoms with van der Waals surface area (Å²) in [7, 11) is 1.81. The average Bonchev–Trinajstić information content (AvgIpc) is 2.81. The van der Waals surface area contributed by atoms with Crippen LogP contribution in [0.25, 0.3) is 10.9 Å². The van der Waals surface area contributed by atoms with Gasteiger partial charge in [-0.2, -0.15) is 0 Å². The zero-order valence-electron chi connectivity index (χ0n) is 16.1. The van der Waals surface area contributed by atoms with Gasteiger partial charge in [0.25, 0.3) is 0 Å². The number of hydrogen-bond donors (Lipinski definition) is 1. The first-order valence-electron chi connectivity index (χ1n) is 9.26. The van der Waals surface area contributed by atoms with Crippen LogP contribution in [-0.2, 0) is 9.59 Å². The maximum Gasteiger partial charge on any atom is 0.246 e. The Morgan fingerprint density at radius 1 is 1.28 bits per heavy atom. The van der Waals surface area contributed by atoms with Crippen LogP contribution in [0.15, 0.2) is 48.8 Å². The highest BCUT2D eigenvalue weighted by molar-refractivity contribution is 6.31. The number of nitrogens with one attached hydrogen (secondary N) is 1. The molecule has 0 saturated carbocycles. The molecule has 0 fully saturated rings. The van der Waals surface area contributed by atoms with Crippen LogP contribution in [0.3, 0.4) is 0 Å². The van der Waals surface area contributed by atoms with Crippen LogP contribution in [0.5, 0.6) is 0 Å². The summed E-state index contributed by atoms with van der Waals surface area (Å²) >= 11 is 6.06. The lowest BCUT2D eigenvalue weighted by atomic mass is 10.1. The Balaban J connectivity index is 1.65. The molecule has 2 amide bonds. The molecule has 7 nitrogen and oxygen atoms in total. The number of benzene rings is 2. The van der Waals surface area contributed by atoms with Gasteiger partial charge in [-0.3, -0.25) is 9.59 Å². The summed E-state index contributed by atoms with van der Waals surface area (Å²) < 4.78 is 0. The summed E-state index contributed by atoms with van der Waals surface area (Å²) in [6.07, 6.45) is 1.69. The number of amides is 2. The molecule has 0 radical (unpaired) electrons. The van der Waals surface area contributed by atoms with E-state index < -0.39 is 0 Å². The number of anilines is 3. The minimum atomic E-state index is -0.263. The number of aromatic nitrogens is 2. The number of carbonyl (C=O) groups is 2. The van der Waals surface area contributed by atoms with E-state index in [0.29, 0.717) is 27.7 Å². The fraction of sp³-hybridized carbons (Fsp3) is 0.238. The van der Waals surface area contributed by atoms with E-state index in [0.717, 1.165) is 5.39 Å². The van der Waals surface area contributed by atoms with Gasteiger partial charge in [-0.25, -0.2) is 9.97 Å². The van der Waals surface area contributed by atoms with Gasteiger partial charge in [0.1, 0.15) is 12.1 Å². The average molecular weight is 410 g/mol. The number of hydrogen-bond acceptors (Lipinski definition) is 5. The van der Waals surface area contributed by atoms with Gasteiger partial charge in [-0.1, -0.05) is 23.7 Å². The molecule has 1 aliphatic rings.